The van der Waals surface area contributed by atoms with Crippen molar-refractivity contribution in [3.8, 4) is 21.7 Å². The first-order valence-electron chi connectivity index (χ1n) is 7.93. The number of nitrogens with zero attached hydrogens (tertiary/aromatic N) is 3. The molecule has 0 saturated heterocycles. The number of benzene rings is 2. The fourth-order valence-corrected chi connectivity index (χ4v) is 4.49. The van der Waals surface area contributed by atoms with E-state index in [0.717, 1.165) is 25.7 Å². The van der Waals surface area contributed by atoms with Gasteiger partial charge in [0.2, 0.25) is 0 Å². The van der Waals surface area contributed by atoms with Crippen LogP contribution in [0, 0.1) is 6.92 Å². The van der Waals surface area contributed by atoms with Crippen LogP contribution in [0.2, 0.25) is 0 Å². The first-order valence-corrected chi connectivity index (χ1v) is 10.3. The van der Waals surface area contributed by atoms with E-state index in [9.17, 15) is 8.42 Å². The zero-order chi connectivity index (χ0) is 18.1. The van der Waals surface area contributed by atoms with Crippen molar-refractivity contribution in [3.63, 3.8) is 0 Å². The Hall–Kier alpha value is -2.77. The van der Waals surface area contributed by atoms with Crippen LogP contribution in [-0.2, 0) is 10.0 Å². The van der Waals surface area contributed by atoms with Gasteiger partial charge in [0.05, 0.1) is 11.1 Å². The molecule has 7 heteroatoms. The minimum absolute atomic E-state index is 0.186. The second kappa shape index (κ2) is 6.51. The maximum Gasteiger partial charge on any atom is 0.284 e. The SMILES string of the molecule is Cc1ccc(S(=O)(=O)n2cc(-c3ccccc3-c3cccs3)nn2)cc1. The number of aromatic nitrogens is 3. The quantitative estimate of drug-likeness (QED) is 0.531. The van der Waals surface area contributed by atoms with Gasteiger partial charge in [0.25, 0.3) is 10.0 Å². The molecular weight excluding hydrogens is 366 g/mol. The molecule has 2 heterocycles. The van der Waals surface area contributed by atoms with Crippen molar-refractivity contribution in [2.24, 2.45) is 0 Å². The van der Waals surface area contributed by atoms with E-state index in [1.54, 1.807) is 35.6 Å². The van der Waals surface area contributed by atoms with Crippen LogP contribution in [0.15, 0.2) is 77.1 Å². The molecule has 0 unspecified atom stereocenters. The Morgan fingerprint density at radius 3 is 2.35 bits per heavy atom. The van der Waals surface area contributed by atoms with Crippen molar-refractivity contribution in [2.45, 2.75) is 11.8 Å². The molecule has 4 rings (SSSR count). The van der Waals surface area contributed by atoms with Crippen LogP contribution in [-0.4, -0.2) is 22.8 Å². The molecule has 0 saturated carbocycles. The highest BCUT2D eigenvalue weighted by atomic mass is 32.2. The molecule has 4 aromatic rings. The summed E-state index contributed by atoms with van der Waals surface area (Å²) in [6.45, 7) is 1.91. The van der Waals surface area contributed by atoms with Crippen molar-refractivity contribution >= 4 is 21.4 Å². The fourth-order valence-electron chi connectivity index (χ4n) is 2.66. The van der Waals surface area contributed by atoms with Crippen molar-refractivity contribution < 1.29 is 8.42 Å². The molecule has 0 aliphatic heterocycles. The number of thiophene rings is 1. The summed E-state index contributed by atoms with van der Waals surface area (Å²) in [5.41, 5.74) is 3.36. The zero-order valence-electron chi connectivity index (χ0n) is 13.9. The Balaban J connectivity index is 1.77. The molecule has 0 aliphatic rings. The third-order valence-corrected chi connectivity index (χ3v) is 6.47. The molecule has 2 aromatic heterocycles. The topological polar surface area (TPSA) is 64.8 Å². The average Bonchev–Trinajstić information content (AvgIpc) is 3.34. The van der Waals surface area contributed by atoms with E-state index in [4.69, 9.17) is 0 Å². The lowest BCUT2D eigenvalue weighted by molar-refractivity contribution is 0.577. The first kappa shape index (κ1) is 16.7. The highest BCUT2D eigenvalue weighted by Gasteiger charge is 2.20. The third-order valence-electron chi connectivity index (χ3n) is 4.03. The molecule has 0 bridgehead atoms. The molecular formula is C19H15N3O2S2. The van der Waals surface area contributed by atoms with Gasteiger partial charge < -0.3 is 0 Å². The van der Waals surface area contributed by atoms with Gasteiger partial charge in [-0.3, -0.25) is 0 Å². The lowest BCUT2D eigenvalue weighted by Gasteiger charge is -2.05. The van der Waals surface area contributed by atoms with E-state index in [1.807, 2.05) is 48.7 Å². The minimum Gasteiger partial charge on any atom is -0.199 e. The number of rotatable bonds is 4. The Kier molecular flexibility index (Phi) is 4.18. The van der Waals surface area contributed by atoms with Crippen LogP contribution >= 0.6 is 11.3 Å². The molecule has 0 N–H and O–H groups in total. The molecule has 0 fully saturated rings. The van der Waals surface area contributed by atoms with Crippen LogP contribution in [0.5, 0.6) is 0 Å². The smallest absolute Gasteiger partial charge is 0.199 e. The highest BCUT2D eigenvalue weighted by molar-refractivity contribution is 7.89. The summed E-state index contributed by atoms with van der Waals surface area (Å²) in [4.78, 5) is 1.28. The number of hydrogen-bond donors (Lipinski definition) is 0. The second-order valence-electron chi connectivity index (χ2n) is 5.82. The molecule has 0 radical (unpaired) electrons. The van der Waals surface area contributed by atoms with Crippen molar-refractivity contribution in [1.82, 2.24) is 14.4 Å². The fraction of sp³-hybridized carbons (Fsp3) is 0.0526. The lowest BCUT2D eigenvalue weighted by atomic mass is 10.0. The van der Waals surface area contributed by atoms with Gasteiger partial charge in [-0.25, -0.2) is 0 Å². The van der Waals surface area contributed by atoms with Gasteiger partial charge in [0, 0.05) is 16.0 Å². The molecule has 0 atom stereocenters. The summed E-state index contributed by atoms with van der Waals surface area (Å²) in [7, 11) is -3.76. The lowest BCUT2D eigenvalue weighted by Crippen LogP contribution is -2.13. The van der Waals surface area contributed by atoms with Gasteiger partial charge in [-0.15, -0.1) is 20.5 Å². The second-order valence-corrected chi connectivity index (χ2v) is 8.56. The maximum absolute atomic E-state index is 12.8. The molecule has 130 valence electrons. The standard InChI is InChI=1S/C19H15N3O2S2/c1-14-8-10-15(11-9-14)26(23,24)22-13-18(20-21-22)16-5-2-3-6-17(16)19-7-4-12-25-19/h2-13H,1H3. The third kappa shape index (κ3) is 2.95. The summed E-state index contributed by atoms with van der Waals surface area (Å²) in [6.07, 6.45) is 1.46. The number of aryl methyl sites for hydroxylation is 1. The first-order chi connectivity index (χ1) is 12.6. The zero-order valence-corrected chi connectivity index (χ0v) is 15.5. The number of hydrogen-bond acceptors (Lipinski definition) is 5. The van der Waals surface area contributed by atoms with E-state index in [1.165, 1.54) is 6.20 Å². The predicted octanol–water partition coefficient (Wildman–Crippen LogP) is 4.22. The summed E-state index contributed by atoms with van der Waals surface area (Å²) in [6, 6.07) is 18.4. The van der Waals surface area contributed by atoms with E-state index < -0.39 is 10.0 Å². The Bertz CT molecular complexity index is 1150. The summed E-state index contributed by atoms with van der Waals surface area (Å²) >= 11 is 1.62. The summed E-state index contributed by atoms with van der Waals surface area (Å²) in [5, 5.41) is 9.98. The van der Waals surface area contributed by atoms with E-state index in [-0.39, 0.29) is 4.90 Å². The van der Waals surface area contributed by atoms with Crippen LogP contribution in [0.1, 0.15) is 5.56 Å². The van der Waals surface area contributed by atoms with Gasteiger partial charge in [-0.2, -0.15) is 8.42 Å². The van der Waals surface area contributed by atoms with E-state index in [2.05, 4.69) is 10.3 Å². The average molecular weight is 381 g/mol. The molecule has 0 spiro atoms. The largest absolute Gasteiger partial charge is 0.284 e. The van der Waals surface area contributed by atoms with Crippen LogP contribution < -0.4 is 0 Å². The maximum atomic E-state index is 12.8. The minimum atomic E-state index is -3.76. The van der Waals surface area contributed by atoms with Crippen molar-refractivity contribution in [3.05, 3.63) is 77.8 Å². The monoisotopic (exact) mass is 381 g/mol. The van der Waals surface area contributed by atoms with Crippen LogP contribution in [0.25, 0.3) is 21.7 Å². The molecule has 2 aromatic carbocycles. The summed E-state index contributed by atoms with van der Waals surface area (Å²) < 4.78 is 26.5. The Morgan fingerprint density at radius 2 is 1.65 bits per heavy atom. The van der Waals surface area contributed by atoms with Crippen molar-refractivity contribution in [2.75, 3.05) is 0 Å². The van der Waals surface area contributed by atoms with E-state index >= 15 is 0 Å². The Labute approximate surface area is 155 Å². The highest BCUT2D eigenvalue weighted by Crippen LogP contribution is 2.33. The van der Waals surface area contributed by atoms with Gasteiger partial charge >= 0.3 is 0 Å². The van der Waals surface area contributed by atoms with Gasteiger partial charge in [-0.05, 0) is 30.5 Å². The van der Waals surface area contributed by atoms with Gasteiger partial charge in [0.15, 0.2) is 0 Å². The molecule has 0 aliphatic carbocycles. The summed E-state index contributed by atoms with van der Waals surface area (Å²) in [5.74, 6) is 0. The van der Waals surface area contributed by atoms with Crippen LogP contribution in [0.4, 0.5) is 0 Å². The molecule has 5 nitrogen and oxygen atoms in total. The van der Waals surface area contributed by atoms with Gasteiger partial charge in [-0.1, -0.05) is 53.2 Å². The normalized spacial score (nSPS) is 11.6. The Morgan fingerprint density at radius 1 is 0.923 bits per heavy atom. The van der Waals surface area contributed by atoms with Crippen LogP contribution in [0.3, 0.4) is 0 Å². The van der Waals surface area contributed by atoms with Gasteiger partial charge in [0.1, 0.15) is 5.69 Å². The van der Waals surface area contributed by atoms with E-state index in [0.29, 0.717) is 5.69 Å². The molecule has 0 amide bonds. The predicted molar refractivity (Wildman–Crippen MR) is 103 cm³/mol. The van der Waals surface area contributed by atoms with Crippen molar-refractivity contribution in [1.29, 1.82) is 0 Å². The molecule has 26 heavy (non-hydrogen) atoms.